The average molecular weight is 458 g/mol. The summed E-state index contributed by atoms with van der Waals surface area (Å²) in [5.74, 6) is 1.84. The van der Waals surface area contributed by atoms with Gasteiger partial charge in [-0.1, -0.05) is 62.4 Å². The Morgan fingerprint density at radius 2 is 1.71 bits per heavy atom. The SMILES string of the molecule is CC(C)c1ccccc1OCC(O)Cn1c(CCNC(=O)c2ccccc2)nc2ccccc21. The van der Waals surface area contributed by atoms with E-state index in [9.17, 15) is 9.90 Å². The van der Waals surface area contributed by atoms with E-state index in [-0.39, 0.29) is 12.5 Å². The van der Waals surface area contributed by atoms with E-state index < -0.39 is 6.10 Å². The number of fused-ring (bicyclic) bond motifs is 1. The van der Waals surface area contributed by atoms with E-state index in [1.165, 1.54) is 0 Å². The van der Waals surface area contributed by atoms with E-state index in [0.29, 0.717) is 31.0 Å². The van der Waals surface area contributed by atoms with Crippen molar-refractivity contribution in [2.24, 2.45) is 0 Å². The predicted octanol–water partition coefficient (Wildman–Crippen LogP) is 4.57. The number of benzene rings is 3. The van der Waals surface area contributed by atoms with Crippen LogP contribution in [-0.2, 0) is 13.0 Å². The van der Waals surface area contributed by atoms with Crippen LogP contribution in [-0.4, -0.2) is 39.8 Å². The Labute approximate surface area is 200 Å². The lowest BCUT2D eigenvalue weighted by atomic mass is 10.0. The first-order chi connectivity index (χ1) is 16.5. The van der Waals surface area contributed by atoms with Crippen molar-refractivity contribution in [3.8, 4) is 5.75 Å². The fourth-order valence-corrected chi connectivity index (χ4v) is 4.04. The van der Waals surface area contributed by atoms with E-state index in [2.05, 4.69) is 25.2 Å². The number of carbonyl (C=O) groups is 1. The smallest absolute Gasteiger partial charge is 0.251 e. The molecule has 0 aliphatic rings. The van der Waals surface area contributed by atoms with E-state index in [4.69, 9.17) is 9.72 Å². The Balaban J connectivity index is 1.43. The van der Waals surface area contributed by atoms with E-state index in [1.807, 2.05) is 65.2 Å². The van der Waals surface area contributed by atoms with Crippen LogP contribution in [0.1, 0.15) is 41.5 Å². The molecule has 0 bridgehead atoms. The topological polar surface area (TPSA) is 76.4 Å². The molecule has 1 aromatic heterocycles. The lowest BCUT2D eigenvalue weighted by Gasteiger charge is -2.18. The van der Waals surface area contributed by atoms with E-state index in [1.54, 1.807) is 12.1 Å². The van der Waals surface area contributed by atoms with Crippen molar-refractivity contribution >= 4 is 16.9 Å². The lowest BCUT2D eigenvalue weighted by molar-refractivity contribution is 0.0917. The van der Waals surface area contributed by atoms with Gasteiger partial charge in [-0.15, -0.1) is 0 Å². The third kappa shape index (κ3) is 5.64. The van der Waals surface area contributed by atoms with Crippen molar-refractivity contribution in [1.82, 2.24) is 14.9 Å². The van der Waals surface area contributed by atoms with Crippen LogP contribution in [0.2, 0.25) is 0 Å². The van der Waals surface area contributed by atoms with Crippen LogP contribution in [0, 0.1) is 0 Å². The standard InChI is InChI=1S/C28H31N3O3/c1-20(2)23-12-6-9-15-26(23)34-19-22(32)18-31-25-14-8-7-13-24(25)30-27(31)16-17-29-28(33)21-10-4-3-5-11-21/h3-15,20,22,32H,16-19H2,1-2H3,(H,29,33). The monoisotopic (exact) mass is 457 g/mol. The second kappa shape index (κ2) is 11.0. The number of amides is 1. The van der Waals surface area contributed by atoms with Crippen molar-refractivity contribution in [1.29, 1.82) is 0 Å². The van der Waals surface area contributed by atoms with Crippen LogP contribution >= 0.6 is 0 Å². The summed E-state index contributed by atoms with van der Waals surface area (Å²) in [5.41, 5.74) is 3.57. The number of imidazole rings is 1. The molecule has 0 spiro atoms. The summed E-state index contributed by atoms with van der Waals surface area (Å²) in [6.45, 7) is 5.23. The molecule has 0 radical (unpaired) electrons. The fourth-order valence-electron chi connectivity index (χ4n) is 4.04. The zero-order valence-electron chi connectivity index (χ0n) is 19.6. The molecule has 2 N–H and O–H groups in total. The van der Waals surface area contributed by atoms with Crippen LogP contribution in [0.3, 0.4) is 0 Å². The molecule has 34 heavy (non-hydrogen) atoms. The molecule has 0 fully saturated rings. The molecule has 6 nitrogen and oxygen atoms in total. The Morgan fingerprint density at radius 1 is 1.00 bits per heavy atom. The average Bonchev–Trinajstić information content (AvgIpc) is 3.20. The highest BCUT2D eigenvalue weighted by Crippen LogP contribution is 2.26. The van der Waals surface area contributed by atoms with Gasteiger partial charge < -0.3 is 19.7 Å². The largest absolute Gasteiger partial charge is 0.491 e. The van der Waals surface area contributed by atoms with Gasteiger partial charge >= 0.3 is 0 Å². The number of aliphatic hydroxyl groups excluding tert-OH is 1. The Bertz CT molecular complexity index is 1230. The van der Waals surface area contributed by atoms with Gasteiger partial charge in [-0.3, -0.25) is 4.79 Å². The summed E-state index contributed by atoms with van der Waals surface area (Å²) in [5, 5.41) is 13.8. The lowest BCUT2D eigenvalue weighted by Crippen LogP contribution is -2.28. The third-order valence-corrected chi connectivity index (χ3v) is 5.77. The van der Waals surface area contributed by atoms with Crippen molar-refractivity contribution in [2.45, 2.75) is 38.8 Å². The van der Waals surface area contributed by atoms with E-state index in [0.717, 1.165) is 28.2 Å². The van der Waals surface area contributed by atoms with Gasteiger partial charge in [0.05, 0.1) is 17.6 Å². The summed E-state index contributed by atoms with van der Waals surface area (Å²) in [4.78, 5) is 17.1. The highest BCUT2D eigenvalue weighted by molar-refractivity contribution is 5.94. The zero-order valence-corrected chi connectivity index (χ0v) is 19.6. The van der Waals surface area contributed by atoms with Gasteiger partial charge in [0.25, 0.3) is 5.91 Å². The first-order valence-electron chi connectivity index (χ1n) is 11.7. The van der Waals surface area contributed by atoms with E-state index >= 15 is 0 Å². The van der Waals surface area contributed by atoms with Gasteiger partial charge in [0.15, 0.2) is 0 Å². The highest BCUT2D eigenvalue weighted by Gasteiger charge is 2.16. The van der Waals surface area contributed by atoms with Gasteiger partial charge in [0.1, 0.15) is 24.3 Å². The van der Waals surface area contributed by atoms with Gasteiger partial charge in [-0.2, -0.15) is 0 Å². The van der Waals surface area contributed by atoms with Gasteiger partial charge in [-0.25, -0.2) is 4.98 Å². The maximum atomic E-state index is 12.4. The molecule has 4 rings (SSSR count). The van der Waals surface area contributed by atoms with Crippen molar-refractivity contribution in [2.75, 3.05) is 13.2 Å². The molecule has 4 aromatic rings. The number of hydrogen-bond acceptors (Lipinski definition) is 4. The molecule has 0 aliphatic carbocycles. The number of aromatic nitrogens is 2. The summed E-state index contributed by atoms with van der Waals surface area (Å²) >= 11 is 0. The quantitative estimate of drug-likeness (QED) is 0.366. The molecule has 1 amide bonds. The summed E-state index contributed by atoms with van der Waals surface area (Å²) in [6.07, 6.45) is -0.160. The molecule has 1 unspecified atom stereocenters. The minimum atomic E-state index is -0.713. The number of rotatable bonds is 10. The number of nitrogens with zero attached hydrogens (tertiary/aromatic N) is 2. The Morgan fingerprint density at radius 3 is 2.50 bits per heavy atom. The molecule has 3 aromatic carbocycles. The molecule has 1 heterocycles. The second-order valence-electron chi connectivity index (χ2n) is 8.66. The number of nitrogens with one attached hydrogen (secondary N) is 1. The van der Waals surface area contributed by atoms with Gasteiger partial charge in [0, 0.05) is 18.5 Å². The van der Waals surface area contributed by atoms with Crippen molar-refractivity contribution < 1.29 is 14.6 Å². The molecule has 1 atom stereocenters. The first kappa shape index (κ1) is 23.5. The highest BCUT2D eigenvalue weighted by atomic mass is 16.5. The normalized spacial score (nSPS) is 12.1. The van der Waals surface area contributed by atoms with Crippen LogP contribution in [0.15, 0.2) is 78.9 Å². The molecule has 0 saturated carbocycles. The Kier molecular flexibility index (Phi) is 7.60. The molecule has 176 valence electrons. The molecule has 0 aliphatic heterocycles. The number of ether oxygens (including phenoxy) is 1. The third-order valence-electron chi connectivity index (χ3n) is 5.77. The summed E-state index contributed by atoms with van der Waals surface area (Å²) in [6, 6.07) is 25.0. The molecule has 0 saturated heterocycles. The number of para-hydroxylation sites is 3. The molecular weight excluding hydrogens is 426 g/mol. The fraction of sp³-hybridized carbons (Fsp3) is 0.286. The van der Waals surface area contributed by atoms with Gasteiger partial charge in [0.2, 0.25) is 0 Å². The van der Waals surface area contributed by atoms with Crippen LogP contribution in [0.5, 0.6) is 5.75 Å². The first-order valence-corrected chi connectivity index (χ1v) is 11.7. The maximum absolute atomic E-state index is 12.4. The van der Waals surface area contributed by atoms with Crippen LogP contribution in [0.25, 0.3) is 11.0 Å². The minimum absolute atomic E-state index is 0.111. The predicted molar refractivity (Wildman–Crippen MR) is 134 cm³/mol. The number of aliphatic hydroxyl groups is 1. The van der Waals surface area contributed by atoms with Crippen LogP contribution in [0.4, 0.5) is 0 Å². The van der Waals surface area contributed by atoms with Gasteiger partial charge in [-0.05, 0) is 41.8 Å². The number of carbonyl (C=O) groups excluding carboxylic acids is 1. The van der Waals surface area contributed by atoms with Crippen LogP contribution < -0.4 is 10.1 Å². The second-order valence-corrected chi connectivity index (χ2v) is 8.66. The van der Waals surface area contributed by atoms with Crippen molar-refractivity contribution in [3.63, 3.8) is 0 Å². The van der Waals surface area contributed by atoms with Crippen molar-refractivity contribution in [3.05, 3.63) is 95.8 Å². The molecular formula is C28H31N3O3. The summed E-state index contributed by atoms with van der Waals surface area (Å²) in [7, 11) is 0. The number of hydrogen-bond donors (Lipinski definition) is 2. The minimum Gasteiger partial charge on any atom is -0.491 e. The Hall–Kier alpha value is -3.64. The summed E-state index contributed by atoms with van der Waals surface area (Å²) < 4.78 is 8.00. The zero-order chi connectivity index (χ0) is 23.9. The maximum Gasteiger partial charge on any atom is 0.251 e. The molecule has 6 heteroatoms.